The third-order valence-electron chi connectivity index (χ3n) is 2.01. The highest BCUT2D eigenvalue weighted by molar-refractivity contribution is 6.11. The number of aliphatic hydroxyl groups excluding tert-OH is 3. The van der Waals surface area contributed by atoms with E-state index < -0.39 is 23.8 Å². The first-order valence-electron chi connectivity index (χ1n) is 3.41. The molecule has 5 heteroatoms. The van der Waals surface area contributed by atoms with Crippen LogP contribution in [0, 0.1) is 0 Å². The lowest BCUT2D eigenvalue weighted by Crippen LogP contribution is -2.43. The Balaban J connectivity index is 2.73. The van der Waals surface area contributed by atoms with E-state index >= 15 is 0 Å². The van der Waals surface area contributed by atoms with Crippen LogP contribution >= 0.6 is 0 Å². The monoisotopic (exact) mass is 158 g/mol. The van der Waals surface area contributed by atoms with Gasteiger partial charge in [-0.2, -0.15) is 0 Å². The Morgan fingerprint density at radius 1 is 1.55 bits per heavy atom. The number of ether oxygens (including phenoxy) is 1. The minimum atomic E-state index is -1.13. The molecule has 0 aromatic heterocycles. The molecule has 1 aliphatic heterocycles. The fourth-order valence-corrected chi connectivity index (χ4v) is 1.12. The molecule has 0 spiro atoms. The van der Waals surface area contributed by atoms with Gasteiger partial charge in [-0.15, -0.1) is 0 Å². The average Bonchev–Trinajstić information content (AvgIpc) is 2.17. The zero-order valence-electron chi connectivity index (χ0n) is 6.27. The van der Waals surface area contributed by atoms with E-state index in [0.29, 0.717) is 0 Å². The van der Waals surface area contributed by atoms with Gasteiger partial charge < -0.3 is 20.1 Å². The van der Waals surface area contributed by atoms with Crippen molar-refractivity contribution >= 4 is 7.85 Å². The van der Waals surface area contributed by atoms with Crippen LogP contribution in [0.2, 0.25) is 0 Å². The third kappa shape index (κ3) is 1.29. The van der Waals surface area contributed by atoms with Crippen LogP contribution in [0.25, 0.3) is 0 Å². The summed E-state index contributed by atoms with van der Waals surface area (Å²) >= 11 is 0. The molecule has 0 saturated carbocycles. The molecule has 62 valence electrons. The fourth-order valence-electron chi connectivity index (χ4n) is 1.12. The second kappa shape index (κ2) is 2.75. The van der Waals surface area contributed by atoms with E-state index in [0.717, 1.165) is 0 Å². The molecule has 1 heterocycles. The molecule has 0 aromatic rings. The van der Waals surface area contributed by atoms with Gasteiger partial charge in [0.05, 0.1) is 6.61 Å². The Kier molecular flexibility index (Phi) is 2.25. The Morgan fingerprint density at radius 2 is 2.09 bits per heavy atom. The van der Waals surface area contributed by atoms with Gasteiger partial charge in [-0.3, -0.25) is 0 Å². The molecule has 1 rings (SSSR count). The van der Waals surface area contributed by atoms with Crippen LogP contribution < -0.4 is 0 Å². The largest absolute Gasteiger partial charge is 0.393 e. The molecule has 0 aromatic carbocycles. The van der Waals surface area contributed by atoms with Gasteiger partial charge in [0.15, 0.2) is 0 Å². The Hall–Kier alpha value is -0.0951. The van der Waals surface area contributed by atoms with Crippen molar-refractivity contribution in [2.24, 2.45) is 0 Å². The van der Waals surface area contributed by atoms with E-state index in [4.69, 9.17) is 22.8 Å². The lowest BCUT2D eigenvalue weighted by Gasteiger charge is -2.24. The first-order chi connectivity index (χ1) is 5.01. The minimum Gasteiger partial charge on any atom is -0.393 e. The molecule has 0 amide bonds. The van der Waals surface area contributed by atoms with Crippen molar-refractivity contribution in [3.05, 3.63) is 0 Å². The van der Waals surface area contributed by atoms with Crippen molar-refractivity contribution < 1.29 is 20.1 Å². The van der Waals surface area contributed by atoms with E-state index in [2.05, 4.69) is 0 Å². The van der Waals surface area contributed by atoms with Gasteiger partial charge >= 0.3 is 0 Å². The molecule has 4 nitrogen and oxygen atoms in total. The van der Waals surface area contributed by atoms with Crippen LogP contribution in [-0.2, 0) is 4.74 Å². The van der Waals surface area contributed by atoms with Crippen LogP contribution in [0.5, 0.6) is 0 Å². The molecule has 1 saturated heterocycles. The Bertz CT molecular complexity index is 154. The van der Waals surface area contributed by atoms with Crippen LogP contribution in [0.1, 0.15) is 6.92 Å². The highest BCUT2D eigenvalue weighted by Crippen LogP contribution is 2.28. The summed E-state index contributed by atoms with van der Waals surface area (Å²) in [4.78, 5) is 0. The van der Waals surface area contributed by atoms with Gasteiger partial charge in [0.1, 0.15) is 25.7 Å². The maximum Gasteiger partial charge on any atom is 0.116 e. The van der Waals surface area contributed by atoms with Crippen molar-refractivity contribution in [2.45, 2.75) is 30.7 Å². The van der Waals surface area contributed by atoms with Gasteiger partial charge in [0.25, 0.3) is 0 Å². The molecule has 0 bridgehead atoms. The molecule has 1 fully saturated rings. The average molecular weight is 158 g/mol. The lowest BCUT2D eigenvalue weighted by molar-refractivity contribution is -0.0865. The van der Waals surface area contributed by atoms with E-state index in [1.807, 2.05) is 0 Å². The van der Waals surface area contributed by atoms with E-state index in [9.17, 15) is 5.11 Å². The molecule has 2 unspecified atom stereocenters. The van der Waals surface area contributed by atoms with E-state index in [-0.39, 0.29) is 6.61 Å². The third-order valence-corrected chi connectivity index (χ3v) is 2.01. The minimum absolute atomic E-state index is 0.362. The van der Waals surface area contributed by atoms with Crippen LogP contribution in [0.3, 0.4) is 0 Å². The summed E-state index contributed by atoms with van der Waals surface area (Å²) in [5.41, 5.74) is -1.13. The normalized spacial score (nSPS) is 51.5. The predicted molar refractivity (Wildman–Crippen MR) is 38.1 cm³/mol. The summed E-state index contributed by atoms with van der Waals surface area (Å²) < 4.78 is 4.95. The first-order valence-corrected chi connectivity index (χ1v) is 3.41. The molecule has 2 radical (unpaired) electrons. The molecule has 4 atom stereocenters. The van der Waals surface area contributed by atoms with Crippen LogP contribution in [0.4, 0.5) is 0 Å². The summed E-state index contributed by atoms with van der Waals surface area (Å²) in [7, 11) is 5.28. The number of hydrogen-bond acceptors (Lipinski definition) is 4. The molecular formula is C6H11BO4. The first kappa shape index (κ1) is 9.00. The quantitative estimate of drug-likeness (QED) is 0.385. The summed E-state index contributed by atoms with van der Waals surface area (Å²) in [6.07, 6.45) is -2.24. The summed E-state index contributed by atoms with van der Waals surface area (Å²) in [6.45, 7) is 1.13. The van der Waals surface area contributed by atoms with Gasteiger partial charge in [0.2, 0.25) is 0 Å². The molecule has 11 heavy (non-hydrogen) atoms. The second-order valence-corrected chi connectivity index (χ2v) is 2.99. The summed E-state index contributed by atoms with van der Waals surface area (Å²) in [6, 6.07) is -0.915. The Morgan fingerprint density at radius 3 is 2.27 bits per heavy atom. The lowest BCUT2D eigenvalue weighted by atomic mass is 9.90. The van der Waals surface area contributed by atoms with Gasteiger partial charge in [-0.25, -0.2) is 0 Å². The number of aliphatic hydroxyl groups is 3. The molecular weight excluding hydrogens is 147 g/mol. The van der Waals surface area contributed by atoms with E-state index in [1.54, 1.807) is 0 Å². The number of rotatable bonds is 1. The van der Waals surface area contributed by atoms with Gasteiger partial charge in [0, 0.05) is 6.00 Å². The topological polar surface area (TPSA) is 69.9 Å². The molecule has 0 aliphatic carbocycles. The predicted octanol–water partition coefficient (Wildman–Crippen LogP) is -2.02. The standard InChI is InChI=1S/C6H11BO4/c1-6(2-8)4(10)3(9)5(7)11-6/h3-5,8-10H,2H2,1H3/t3?,4?,5-,6-/m1/s1. The van der Waals surface area contributed by atoms with Crippen LogP contribution in [0.15, 0.2) is 0 Å². The van der Waals surface area contributed by atoms with Gasteiger partial charge in [-0.05, 0) is 6.92 Å². The maximum atomic E-state index is 9.27. The maximum absolute atomic E-state index is 9.27. The molecule has 1 aliphatic rings. The van der Waals surface area contributed by atoms with Crippen molar-refractivity contribution in [1.29, 1.82) is 0 Å². The Labute approximate surface area is 66.2 Å². The zero-order valence-corrected chi connectivity index (χ0v) is 6.27. The smallest absolute Gasteiger partial charge is 0.116 e. The highest BCUT2D eigenvalue weighted by atomic mass is 16.6. The van der Waals surface area contributed by atoms with Crippen molar-refractivity contribution in [1.82, 2.24) is 0 Å². The fraction of sp³-hybridized carbons (Fsp3) is 1.00. The highest BCUT2D eigenvalue weighted by Gasteiger charge is 2.48. The SMILES string of the molecule is [B][C@@H]1O[C@](C)(CO)C(O)C1O. The van der Waals surface area contributed by atoms with Crippen LogP contribution in [-0.4, -0.2) is 53.6 Å². The van der Waals surface area contributed by atoms with Gasteiger partial charge in [-0.1, -0.05) is 0 Å². The van der Waals surface area contributed by atoms with E-state index in [1.165, 1.54) is 6.92 Å². The summed E-state index contributed by atoms with van der Waals surface area (Å²) in [5, 5.41) is 27.2. The van der Waals surface area contributed by atoms with Crippen molar-refractivity contribution in [3.63, 3.8) is 0 Å². The van der Waals surface area contributed by atoms with Crippen molar-refractivity contribution in [3.8, 4) is 0 Å². The summed E-state index contributed by atoms with van der Waals surface area (Å²) in [5.74, 6) is 0. The molecule has 3 N–H and O–H groups in total. The number of hydrogen-bond donors (Lipinski definition) is 3. The second-order valence-electron chi connectivity index (χ2n) is 2.99. The zero-order chi connectivity index (χ0) is 8.65. The van der Waals surface area contributed by atoms with Crippen molar-refractivity contribution in [2.75, 3.05) is 6.61 Å².